The van der Waals surface area contributed by atoms with Crippen LogP contribution in [0.2, 0.25) is 0 Å². The highest BCUT2D eigenvalue weighted by atomic mass is 79.9. The number of oxazole rings is 1. The van der Waals surface area contributed by atoms with Gasteiger partial charge in [0.15, 0.2) is 22.3 Å². The van der Waals surface area contributed by atoms with E-state index in [1.807, 2.05) is 0 Å². The van der Waals surface area contributed by atoms with Crippen LogP contribution in [0.25, 0.3) is 11.3 Å². The SMILES string of the molecule is C[C@H](O)[C@@H](Oc1ccc(F)c(C(N)=O)c1F)c1nc(-c2ccc(OC(F)F)cc2)c(Br)o1. The Morgan fingerprint density at radius 2 is 1.81 bits per heavy atom. The van der Waals surface area contributed by atoms with E-state index in [9.17, 15) is 27.5 Å². The van der Waals surface area contributed by atoms with E-state index in [0.717, 1.165) is 12.1 Å². The van der Waals surface area contributed by atoms with Gasteiger partial charge >= 0.3 is 6.61 Å². The lowest BCUT2D eigenvalue weighted by molar-refractivity contribution is -0.0498. The van der Waals surface area contributed by atoms with E-state index in [1.54, 1.807) is 0 Å². The second-order valence-corrected chi connectivity index (χ2v) is 7.18. The van der Waals surface area contributed by atoms with Crippen LogP contribution in [0.5, 0.6) is 11.5 Å². The van der Waals surface area contributed by atoms with Gasteiger partial charge in [-0.15, -0.1) is 0 Å². The summed E-state index contributed by atoms with van der Waals surface area (Å²) < 4.78 is 68.2. The molecule has 12 heteroatoms. The van der Waals surface area contributed by atoms with Crippen LogP contribution in [0.1, 0.15) is 29.3 Å². The summed E-state index contributed by atoms with van der Waals surface area (Å²) in [6.07, 6.45) is -2.64. The average molecular weight is 519 g/mol. The summed E-state index contributed by atoms with van der Waals surface area (Å²) >= 11 is 3.17. The lowest BCUT2D eigenvalue weighted by Crippen LogP contribution is -2.23. The fourth-order valence-electron chi connectivity index (χ4n) is 2.75. The molecule has 0 radical (unpaired) electrons. The van der Waals surface area contributed by atoms with Crippen molar-refractivity contribution in [2.45, 2.75) is 25.7 Å². The largest absolute Gasteiger partial charge is 0.475 e. The summed E-state index contributed by atoms with van der Waals surface area (Å²) in [5, 5.41) is 10.1. The van der Waals surface area contributed by atoms with E-state index in [1.165, 1.54) is 31.2 Å². The van der Waals surface area contributed by atoms with Crippen LogP contribution in [-0.2, 0) is 0 Å². The number of aliphatic hydroxyl groups excluding tert-OH is 1. The fourth-order valence-corrected chi connectivity index (χ4v) is 3.24. The summed E-state index contributed by atoms with van der Waals surface area (Å²) in [6.45, 7) is -1.66. The Morgan fingerprint density at radius 3 is 2.38 bits per heavy atom. The maximum absolute atomic E-state index is 14.5. The molecule has 1 amide bonds. The molecule has 0 saturated carbocycles. The Kier molecular flexibility index (Phi) is 7.04. The number of hydrogen-bond acceptors (Lipinski definition) is 6. The van der Waals surface area contributed by atoms with Crippen molar-refractivity contribution < 1.29 is 41.4 Å². The first-order chi connectivity index (χ1) is 15.1. The molecule has 0 aliphatic heterocycles. The predicted octanol–water partition coefficient (Wildman–Crippen LogP) is 4.58. The average Bonchev–Trinajstić information content (AvgIpc) is 3.08. The summed E-state index contributed by atoms with van der Waals surface area (Å²) in [5.74, 6) is -4.65. The minimum absolute atomic E-state index is 0.0641. The summed E-state index contributed by atoms with van der Waals surface area (Å²) in [7, 11) is 0. The van der Waals surface area contributed by atoms with Crippen LogP contribution in [-0.4, -0.2) is 28.7 Å². The number of rotatable bonds is 8. The zero-order chi connectivity index (χ0) is 23.6. The van der Waals surface area contributed by atoms with Gasteiger partial charge in [0.25, 0.3) is 5.91 Å². The third-order valence-corrected chi connectivity index (χ3v) is 4.73. The molecule has 0 saturated heterocycles. The topological polar surface area (TPSA) is 108 Å². The number of amides is 1. The van der Waals surface area contributed by atoms with Crippen LogP contribution in [0.4, 0.5) is 17.6 Å². The van der Waals surface area contributed by atoms with Gasteiger partial charge in [-0.1, -0.05) is 0 Å². The van der Waals surface area contributed by atoms with E-state index in [2.05, 4.69) is 25.7 Å². The van der Waals surface area contributed by atoms with Crippen molar-refractivity contribution in [1.29, 1.82) is 0 Å². The normalized spacial score (nSPS) is 13.1. The van der Waals surface area contributed by atoms with Gasteiger partial charge in [0.05, 0.1) is 6.10 Å². The molecule has 0 fully saturated rings. The fraction of sp³-hybridized carbons (Fsp3) is 0.200. The number of nitrogens with two attached hydrogens (primary N) is 1. The molecular formula is C20H15BrF4N2O5. The van der Waals surface area contributed by atoms with Gasteiger partial charge in [-0.3, -0.25) is 4.79 Å². The second-order valence-electron chi connectivity index (χ2n) is 6.46. The van der Waals surface area contributed by atoms with Gasteiger partial charge in [0, 0.05) is 5.56 Å². The van der Waals surface area contributed by atoms with Crippen molar-refractivity contribution in [2.75, 3.05) is 0 Å². The van der Waals surface area contributed by atoms with E-state index >= 15 is 0 Å². The molecule has 2 aromatic carbocycles. The molecule has 3 N–H and O–H groups in total. The molecule has 0 spiro atoms. The Balaban J connectivity index is 1.92. The summed E-state index contributed by atoms with van der Waals surface area (Å²) in [4.78, 5) is 15.5. The minimum Gasteiger partial charge on any atom is -0.475 e. The smallest absolute Gasteiger partial charge is 0.387 e. The van der Waals surface area contributed by atoms with Crippen LogP contribution >= 0.6 is 15.9 Å². The highest BCUT2D eigenvalue weighted by Crippen LogP contribution is 2.35. The highest BCUT2D eigenvalue weighted by Gasteiger charge is 2.30. The second kappa shape index (κ2) is 9.57. The van der Waals surface area contributed by atoms with E-state index < -0.39 is 47.7 Å². The summed E-state index contributed by atoms with van der Waals surface area (Å²) in [5.41, 5.74) is 4.68. The quantitative estimate of drug-likeness (QED) is 0.422. The molecular weight excluding hydrogens is 504 g/mol. The Morgan fingerprint density at radius 1 is 1.16 bits per heavy atom. The number of primary amides is 1. The van der Waals surface area contributed by atoms with Crippen LogP contribution in [0.15, 0.2) is 45.5 Å². The van der Waals surface area contributed by atoms with Crippen LogP contribution in [0.3, 0.4) is 0 Å². The van der Waals surface area contributed by atoms with Crippen molar-refractivity contribution in [3.63, 3.8) is 0 Å². The predicted molar refractivity (Wildman–Crippen MR) is 106 cm³/mol. The van der Waals surface area contributed by atoms with E-state index in [4.69, 9.17) is 14.9 Å². The maximum Gasteiger partial charge on any atom is 0.387 e. The zero-order valence-electron chi connectivity index (χ0n) is 16.2. The van der Waals surface area contributed by atoms with Crippen LogP contribution < -0.4 is 15.2 Å². The molecule has 3 aromatic rings. The number of aromatic nitrogens is 1. The van der Waals surface area contributed by atoms with Gasteiger partial charge in [0.1, 0.15) is 22.8 Å². The third-order valence-electron chi connectivity index (χ3n) is 4.19. The van der Waals surface area contributed by atoms with Crippen molar-refractivity contribution in [1.82, 2.24) is 4.98 Å². The van der Waals surface area contributed by atoms with Crippen molar-refractivity contribution in [2.24, 2.45) is 5.73 Å². The zero-order valence-corrected chi connectivity index (χ0v) is 17.8. The number of alkyl halides is 2. The number of hydrogen-bond donors (Lipinski definition) is 2. The maximum atomic E-state index is 14.5. The van der Waals surface area contributed by atoms with Gasteiger partial charge < -0.3 is 24.7 Å². The molecule has 1 aromatic heterocycles. The molecule has 3 rings (SSSR count). The third kappa shape index (κ3) is 5.02. The minimum atomic E-state index is -2.97. The highest BCUT2D eigenvalue weighted by molar-refractivity contribution is 9.10. The molecule has 0 aliphatic rings. The molecule has 2 atom stereocenters. The summed E-state index contributed by atoms with van der Waals surface area (Å²) in [6, 6.07) is 7.20. The van der Waals surface area contributed by atoms with Gasteiger partial charge in [-0.2, -0.15) is 8.78 Å². The lowest BCUT2D eigenvalue weighted by Gasteiger charge is -2.19. The molecule has 7 nitrogen and oxygen atoms in total. The lowest BCUT2D eigenvalue weighted by atomic mass is 10.1. The van der Waals surface area contributed by atoms with E-state index in [0.29, 0.717) is 5.56 Å². The molecule has 170 valence electrons. The van der Waals surface area contributed by atoms with Crippen molar-refractivity contribution in [3.05, 3.63) is 64.2 Å². The Bertz CT molecular complexity index is 1120. The first kappa shape index (κ1) is 23.5. The van der Waals surface area contributed by atoms with Gasteiger partial charge in [0.2, 0.25) is 5.89 Å². The number of benzene rings is 2. The molecule has 1 heterocycles. The number of carbonyl (C=O) groups is 1. The van der Waals surface area contributed by atoms with Crippen molar-refractivity contribution in [3.8, 4) is 22.8 Å². The first-order valence-corrected chi connectivity index (χ1v) is 9.71. The Hall–Kier alpha value is -3.12. The standard InChI is InChI=1S/C20H15BrF4N2O5/c1-8(28)16(31-12-7-6-11(22)13(14(12)23)18(26)29)19-27-15(17(21)32-19)9-2-4-10(5-3-9)30-20(24)25/h2-8,16,20,28H,1H3,(H2,26,29)/t8-,16+/m0/s1. The van der Waals surface area contributed by atoms with Crippen molar-refractivity contribution >= 4 is 21.8 Å². The molecule has 0 unspecified atom stereocenters. The Labute approximate surface area is 186 Å². The van der Waals surface area contributed by atoms with Crippen LogP contribution in [0, 0.1) is 11.6 Å². The number of halogens is 5. The number of carbonyl (C=O) groups excluding carboxylic acids is 1. The van der Waals surface area contributed by atoms with Gasteiger partial charge in [-0.25, -0.2) is 13.8 Å². The molecule has 0 bridgehead atoms. The molecule has 0 aliphatic carbocycles. The van der Waals surface area contributed by atoms with Gasteiger partial charge in [-0.05, 0) is 59.3 Å². The van der Waals surface area contributed by atoms with E-state index in [-0.39, 0.29) is 22.0 Å². The number of aliphatic hydroxyl groups is 1. The monoisotopic (exact) mass is 518 g/mol. The first-order valence-electron chi connectivity index (χ1n) is 8.92. The number of nitrogens with zero attached hydrogens (tertiary/aromatic N) is 1. The number of ether oxygens (including phenoxy) is 2. The molecule has 32 heavy (non-hydrogen) atoms.